The summed E-state index contributed by atoms with van der Waals surface area (Å²) >= 11 is 5.97. The Hall–Kier alpha value is -2.38. The minimum atomic E-state index is -0.0216. The number of nitrogens with zero attached hydrogens (tertiary/aromatic N) is 4. The van der Waals surface area contributed by atoms with Crippen LogP contribution in [0.1, 0.15) is 24.4 Å². The van der Waals surface area contributed by atoms with Crippen LogP contribution in [0.4, 0.5) is 11.6 Å². The number of pyridine rings is 2. The number of imidazole rings is 1. The second kappa shape index (κ2) is 6.74. The van der Waals surface area contributed by atoms with E-state index >= 15 is 0 Å². The molecule has 7 nitrogen and oxygen atoms in total. The van der Waals surface area contributed by atoms with Crippen molar-refractivity contribution in [3.8, 4) is 0 Å². The monoisotopic (exact) mass is 373 g/mol. The molecule has 0 aliphatic carbocycles. The van der Waals surface area contributed by atoms with E-state index in [1.54, 1.807) is 24.0 Å². The number of fused-ring (bicyclic) bond motifs is 1. The second-order valence-corrected chi connectivity index (χ2v) is 6.99. The van der Waals surface area contributed by atoms with E-state index in [0.29, 0.717) is 29.9 Å². The molecule has 1 aliphatic heterocycles. The highest BCUT2D eigenvalue weighted by molar-refractivity contribution is 6.30. The van der Waals surface area contributed by atoms with Crippen molar-refractivity contribution in [2.45, 2.75) is 25.8 Å². The van der Waals surface area contributed by atoms with Gasteiger partial charge < -0.3 is 10.1 Å². The summed E-state index contributed by atoms with van der Waals surface area (Å²) in [7, 11) is 1.78. The minimum absolute atomic E-state index is 0.0216. The van der Waals surface area contributed by atoms with Crippen LogP contribution >= 0.6 is 11.6 Å². The lowest BCUT2D eigenvalue weighted by atomic mass is 10.1. The third-order valence-electron chi connectivity index (χ3n) is 4.82. The molecule has 4 heterocycles. The molecule has 136 valence electrons. The minimum Gasteiger partial charge on any atom is -0.381 e. The number of aryl methyl sites for hydroxylation is 2. The van der Waals surface area contributed by atoms with E-state index in [9.17, 15) is 4.79 Å². The van der Waals surface area contributed by atoms with Crippen LogP contribution in [-0.4, -0.2) is 32.3 Å². The van der Waals surface area contributed by atoms with Gasteiger partial charge in [0.15, 0.2) is 0 Å². The van der Waals surface area contributed by atoms with Crippen molar-refractivity contribution in [2.24, 2.45) is 7.05 Å². The van der Waals surface area contributed by atoms with E-state index in [-0.39, 0.29) is 11.7 Å². The van der Waals surface area contributed by atoms with E-state index in [1.807, 2.05) is 23.6 Å². The van der Waals surface area contributed by atoms with Gasteiger partial charge in [-0.15, -0.1) is 0 Å². The van der Waals surface area contributed by atoms with Crippen molar-refractivity contribution >= 4 is 34.3 Å². The molecule has 0 radical (unpaired) electrons. The average molecular weight is 374 g/mol. The zero-order valence-electron chi connectivity index (χ0n) is 14.7. The van der Waals surface area contributed by atoms with Crippen molar-refractivity contribution in [3.63, 3.8) is 0 Å². The molecule has 0 aromatic carbocycles. The molecule has 0 spiro atoms. The maximum atomic E-state index is 12.8. The van der Waals surface area contributed by atoms with E-state index in [4.69, 9.17) is 16.3 Å². The topological polar surface area (TPSA) is 74.0 Å². The molecule has 1 N–H and O–H groups in total. The van der Waals surface area contributed by atoms with Gasteiger partial charge in [0.25, 0.3) is 0 Å². The Bertz CT molecular complexity index is 1020. The molecule has 0 bridgehead atoms. The van der Waals surface area contributed by atoms with Crippen LogP contribution in [0.3, 0.4) is 0 Å². The standard InChI is InChI=1S/C18H20ClN5O2/c1-11-7-12(19)9-21-17(11)22-16-8-14-15(10-20-16)23(2)18(25)24(14)13-3-5-26-6-4-13/h7-10,13H,3-6H2,1-2H3,(H,20,21,22). The van der Waals surface area contributed by atoms with Crippen molar-refractivity contribution in [1.82, 2.24) is 19.1 Å². The van der Waals surface area contributed by atoms with Gasteiger partial charge in [-0.2, -0.15) is 0 Å². The van der Waals surface area contributed by atoms with Gasteiger partial charge in [-0.05, 0) is 31.4 Å². The fourth-order valence-electron chi connectivity index (χ4n) is 3.41. The summed E-state index contributed by atoms with van der Waals surface area (Å²) in [5, 5.41) is 3.81. The van der Waals surface area contributed by atoms with Gasteiger partial charge in [0.2, 0.25) is 0 Å². The molecule has 3 aromatic rings. The first-order chi connectivity index (χ1) is 12.5. The molecule has 3 aromatic heterocycles. The molecule has 1 fully saturated rings. The van der Waals surface area contributed by atoms with E-state index in [0.717, 1.165) is 29.4 Å². The number of ether oxygens (including phenoxy) is 1. The van der Waals surface area contributed by atoms with Gasteiger partial charge in [0, 0.05) is 38.6 Å². The fourth-order valence-corrected chi connectivity index (χ4v) is 3.63. The van der Waals surface area contributed by atoms with Gasteiger partial charge in [-0.1, -0.05) is 11.6 Å². The Balaban J connectivity index is 1.77. The first-order valence-electron chi connectivity index (χ1n) is 8.58. The summed E-state index contributed by atoms with van der Waals surface area (Å²) in [6.45, 7) is 3.29. The molecule has 0 amide bonds. The normalized spacial score (nSPS) is 15.5. The molecule has 8 heteroatoms. The summed E-state index contributed by atoms with van der Waals surface area (Å²) in [5.41, 5.74) is 2.59. The molecule has 0 unspecified atom stereocenters. The van der Waals surface area contributed by atoms with Crippen LogP contribution in [0.5, 0.6) is 0 Å². The third kappa shape index (κ3) is 2.97. The summed E-state index contributed by atoms with van der Waals surface area (Å²) in [6.07, 6.45) is 4.99. The van der Waals surface area contributed by atoms with Crippen LogP contribution in [0.25, 0.3) is 11.0 Å². The summed E-state index contributed by atoms with van der Waals surface area (Å²) in [4.78, 5) is 21.5. The Morgan fingerprint density at radius 1 is 1.19 bits per heavy atom. The first-order valence-corrected chi connectivity index (χ1v) is 8.96. The first kappa shape index (κ1) is 17.1. The number of rotatable bonds is 3. The zero-order chi connectivity index (χ0) is 18.3. The SMILES string of the molecule is Cc1cc(Cl)cnc1Nc1cc2c(cn1)n(C)c(=O)n2C1CCOCC1. The van der Waals surface area contributed by atoms with E-state index < -0.39 is 0 Å². The Morgan fingerprint density at radius 2 is 1.96 bits per heavy atom. The molecule has 26 heavy (non-hydrogen) atoms. The fraction of sp³-hybridized carbons (Fsp3) is 0.389. The maximum absolute atomic E-state index is 12.8. The Labute approximate surface area is 155 Å². The molecule has 1 aliphatic rings. The van der Waals surface area contributed by atoms with Crippen molar-refractivity contribution < 1.29 is 4.74 Å². The van der Waals surface area contributed by atoms with Crippen molar-refractivity contribution in [1.29, 1.82) is 0 Å². The maximum Gasteiger partial charge on any atom is 0.329 e. The van der Waals surface area contributed by atoms with Crippen LogP contribution in [0, 0.1) is 6.92 Å². The smallest absolute Gasteiger partial charge is 0.329 e. The van der Waals surface area contributed by atoms with Crippen LogP contribution in [-0.2, 0) is 11.8 Å². The van der Waals surface area contributed by atoms with Gasteiger partial charge >= 0.3 is 5.69 Å². The average Bonchev–Trinajstić information content (AvgIpc) is 2.89. The largest absolute Gasteiger partial charge is 0.381 e. The van der Waals surface area contributed by atoms with Gasteiger partial charge in [0.1, 0.15) is 11.6 Å². The lowest BCUT2D eigenvalue weighted by Crippen LogP contribution is -2.29. The number of anilines is 2. The number of hydrogen-bond donors (Lipinski definition) is 1. The van der Waals surface area contributed by atoms with Crippen LogP contribution in [0.2, 0.25) is 5.02 Å². The van der Waals surface area contributed by atoms with E-state index in [1.165, 1.54) is 0 Å². The van der Waals surface area contributed by atoms with Crippen molar-refractivity contribution in [3.05, 3.63) is 45.6 Å². The highest BCUT2D eigenvalue weighted by atomic mass is 35.5. The second-order valence-electron chi connectivity index (χ2n) is 6.56. The van der Waals surface area contributed by atoms with Gasteiger partial charge in [0.05, 0.1) is 22.3 Å². The highest BCUT2D eigenvalue weighted by Crippen LogP contribution is 2.26. The van der Waals surface area contributed by atoms with Crippen LogP contribution in [0.15, 0.2) is 29.3 Å². The third-order valence-corrected chi connectivity index (χ3v) is 5.03. The van der Waals surface area contributed by atoms with Gasteiger partial charge in [-0.25, -0.2) is 14.8 Å². The molecule has 4 rings (SSSR count). The predicted octanol–water partition coefficient (Wildman–Crippen LogP) is 3.19. The Morgan fingerprint density at radius 3 is 2.69 bits per heavy atom. The summed E-state index contributed by atoms with van der Waals surface area (Å²) in [6, 6.07) is 3.89. The Kier molecular flexibility index (Phi) is 4.42. The van der Waals surface area contributed by atoms with E-state index in [2.05, 4.69) is 15.3 Å². The number of halogens is 1. The summed E-state index contributed by atoms with van der Waals surface area (Å²) in [5.74, 6) is 1.33. The molecule has 0 saturated carbocycles. The number of hydrogen-bond acceptors (Lipinski definition) is 5. The zero-order valence-corrected chi connectivity index (χ0v) is 15.5. The highest BCUT2D eigenvalue weighted by Gasteiger charge is 2.22. The predicted molar refractivity (Wildman–Crippen MR) is 101 cm³/mol. The number of aromatic nitrogens is 4. The van der Waals surface area contributed by atoms with Crippen molar-refractivity contribution in [2.75, 3.05) is 18.5 Å². The lowest BCUT2D eigenvalue weighted by molar-refractivity contribution is 0.0696. The summed E-state index contributed by atoms with van der Waals surface area (Å²) < 4.78 is 8.95. The van der Waals surface area contributed by atoms with Gasteiger partial charge in [-0.3, -0.25) is 9.13 Å². The lowest BCUT2D eigenvalue weighted by Gasteiger charge is -2.23. The molecule has 1 saturated heterocycles. The molecular weight excluding hydrogens is 354 g/mol. The quantitative estimate of drug-likeness (QED) is 0.763. The molecule has 0 atom stereocenters. The molecular formula is C18H20ClN5O2. The van der Waals surface area contributed by atoms with Crippen LogP contribution < -0.4 is 11.0 Å². The number of nitrogens with one attached hydrogen (secondary N) is 1.